The van der Waals surface area contributed by atoms with Crippen LogP contribution in [-0.2, 0) is 14.8 Å². The van der Waals surface area contributed by atoms with Crippen molar-refractivity contribution >= 4 is 21.6 Å². The Bertz CT molecular complexity index is 663. The van der Waals surface area contributed by atoms with Gasteiger partial charge in [-0.2, -0.15) is 0 Å². The number of hydrogen-bond donors (Lipinski definition) is 2. The van der Waals surface area contributed by atoms with Gasteiger partial charge in [-0.05, 0) is 55.5 Å². The molecule has 1 aliphatic heterocycles. The van der Waals surface area contributed by atoms with Gasteiger partial charge in [0.15, 0.2) is 0 Å². The van der Waals surface area contributed by atoms with Crippen LogP contribution in [-0.4, -0.2) is 45.4 Å². The molecular formula is C18H29N3O3S. The molecular weight excluding hydrogens is 338 g/mol. The fourth-order valence-electron chi connectivity index (χ4n) is 3.49. The Morgan fingerprint density at radius 2 is 1.76 bits per heavy atom. The number of carbonyl (C=O) groups excluding carboxylic acids is 1. The summed E-state index contributed by atoms with van der Waals surface area (Å²) in [5.41, 5.74) is 0.583. The molecule has 0 radical (unpaired) electrons. The molecule has 0 bridgehead atoms. The highest BCUT2D eigenvalue weighted by atomic mass is 32.2. The summed E-state index contributed by atoms with van der Waals surface area (Å²) in [6.45, 7) is 9.50. The third-order valence-corrected chi connectivity index (χ3v) is 5.85. The fourth-order valence-corrected chi connectivity index (χ4v) is 4.56. The van der Waals surface area contributed by atoms with Crippen molar-refractivity contribution in [3.05, 3.63) is 24.3 Å². The minimum Gasteiger partial charge on any atom is -0.326 e. The van der Waals surface area contributed by atoms with Crippen LogP contribution in [0.25, 0.3) is 0 Å². The summed E-state index contributed by atoms with van der Waals surface area (Å²) in [5, 5.41) is 2.62. The molecule has 1 aromatic carbocycles. The van der Waals surface area contributed by atoms with Gasteiger partial charge in [0.05, 0.1) is 4.90 Å². The van der Waals surface area contributed by atoms with E-state index in [0.29, 0.717) is 24.1 Å². The van der Waals surface area contributed by atoms with E-state index in [-0.39, 0.29) is 10.8 Å². The van der Waals surface area contributed by atoms with Crippen molar-refractivity contribution in [2.45, 2.75) is 38.5 Å². The first-order valence-corrected chi connectivity index (χ1v) is 10.3. The second-order valence-corrected chi connectivity index (χ2v) is 8.93. The van der Waals surface area contributed by atoms with Gasteiger partial charge in [-0.1, -0.05) is 13.8 Å². The van der Waals surface area contributed by atoms with E-state index in [1.165, 1.54) is 25.5 Å². The summed E-state index contributed by atoms with van der Waals surface area (Å²) >= 11 is 0. The number of sulfonamides is 1. The quantitative estimate of drug-likeness (QED) is 0.725. The summed E-state index contributed by atoms with van der Waals surface area (Å²) in [4.78, 5) is 13.6. The van der Waals surface area contributed by atoms with E-state index in [0.717, 1.165) is 26.1 Å². The summed E-state index contributed by atoms with van der Waals surface area (Å²) < 4.78 is 27.3. The highest BCUT2D eigenvalue weighted by molar-refractivity contribution is 7.89. The first-order valence-electron chi connectivity index (χ1n) is 8.86. The molecule has 0 spiro atoms. The molecule has 7 heteroatoms. The molecule has 2 N–H and O–H groups in total. The molecule has 1 aliphatic rings. The molecule has 1 fully saturated rings. The number of carbonyl (C=O) groups is 1. The molecule has 0 aromatic heterocycles. The molecule has 2 rings (SSSR count). The summed E-state index contributed by atoms with van der Waals surface area (Å²) in [7, 11) is -3.51. The normalized spacial score (nSPS) is 21.9. The van der Waals surface area contributed by atoms with Crippen LogP contribution in [0.3, 0.4) is 0 Å². The SMILES string of the molecule is CC(=O)Nc1ccc(S(=O)(=O)NCCCN2C[C@H](C)C[C@H](C)C2)cc1. The molecule has 1 heterocycles. The van der Waals surface area contributed by atoms with E-state index in [1.54, 1.807) is 12.1 Å². The first kappa shape index (κ1) is 19.9. The number of nitrogens with zero attached hydrogens (tertiary/aromatic N) is 1. The second-order valence-electron chi connectivity index (χ2n) is 7.16. The molecule has 0 saturated carbocycles. The van der Waals surface area contributed by atoms with Gasteiger partial charge in [0.1, 0.15) is 0 Å². The number of anilines is 1. The van der Waals surface area contributed by atoms with Crippen molar-refractivity contribution in [1.29, 1.82) is 0 Å². The van der Waals surface area contributed by atoms with Gasteiger partial charge < -0.3 is 10.2 Å². The van der Waals surface area contributed by atoms with Crippen LogP contribution < -0.4 is 10.0 Å². The van der Waals surface area contributed by atoms with Crippen LogP contribution in [0.15, 0.2) is 29.2 Å². The standard InChI is InChI=1S/C18H29N3O3S/c1-14-11-15(2)13-21(12-14)10-4-9-19-25(23,24)18-7-5-17(6-8-18)20-16(3)22/h5-8,14-15,19H,4,9-13H2,1-3H3,(H,20,22)/t14-,15+. The number of hydrogen-bond acceptors (Lipinski definition) is 4. The average molecular weight is 368 g/mol. The lowest BCUT2D eigenvalue weighted by atomic mass is 9.92. The fraction of sp³-hybridized carbons (Fsp3) is 0.611. The summed E-state index contributed by atoms with van der Waals surface area (Å²) in [5.74, 6) is 1.24. The largest absolute Gasteiger partial charge is 0.326 e. The van der Waals surface area contributed by atoms with Crippen LogP contribution in [0.1, 0.15) is 33.6 Å². The molecule has 25 heavy (non-hydrogen) atoms. The highest BCUT2D eigenvalue weighted by Crippen LogP contribution is 2.20. The third-order valence-electron chi connectivity index (χ3n) is 4.37. The third kappa shape index (κ3) is 6.41. The van der Waals surface area contributed by atoms with Gasteiger partial charge in [0.2, 0.25) is 15.9 Å². The highest BCUT2D eigenvalue weighted by Gasteiger charge is 2.21. The minimum absolute atomic E-state index is 0.185. The number of rotatable bonds is 7. The van der Waals surface area contributed by atoms with Crippen molar-refractivity contribution < 1.29 is 13.2 Å². The van der Waals surface area contributed by atoms with Crippen LogP contribution >= 0.6 is 0 Å². The molecule has 1 amide bonds. The molecule has 1 aromatic rings. The van der Waals surface area contributed by atoms with E-state index in [4.69, 9.17) is 0 Å². The Morgan fingerprint density at radius 1 is 1.16 bits per heavy atom. The zero-order valence-corrected chi connectivity index (χ0v) is 16.1. The van der Waals surface area contributed by atoms with Crippen molar-refractivity contribution in [1.82, 2.24) is 9.62 Å². The minimum atomic E-state index is -3.51. The van der Waals surface area contributed by atoms with Gasteiger partial charge in [-0.25, -0.2) is 13.1 Å². The Balaban J connectivity index is 1.80. The maximum absolute atomic E-state index is 12.3. The zero-order valence-electron chi connectivity index (χ0n) is 15.3. The Morgan fingerprint density at radius 3 is 2.32 bits per heavy atom. The molecule has 0 unspecified atom stereocenters. The smallest absolute Gasteiger partial charge is 0.240 e. The van der Waals surface area contributed by atoms with Crippen molar-refractivity contribution in [3.8, 4) is 0 Å². The Kier molecular flexibility index (Phi) is 6.98. The monoisotopic (exact) mass is 367 g/mol. The first-order chi connectivity index (χ1) is 11.8. The maximum Gasteiger partial charge on any atom is 0.240 e. The average Bonchev–Trinajstić information content (AvgIpc) is 2.51. The van der Waals surface area contributed by atoms with Gasteiger partial charge in [0.25, 0.3) is 0 Å². The number of likely N-dealkylation sites (tertiary alicyclic amines) is 1. The van der Waals surface area contributed by atoms with E-state index in [9.17, 15) is 13.2 Å². The Labute approximate surface area is 151 Å². The van der Waals surface area contributed by atoms with Crippen molar-refractivity contribution in [2.75, 3.05) is 31.5 Å². The van der Waals surface area contributed by atoms with Gasteiger partial charge >= 0.3 is 0 Å². The number of nitrogens with one attached hydrogen (secondary N) is 2. The zero-order chi connectivity index (χ0) is 18.4. The van der Waals surface area contributed by atoms with E-state index < -0.39 is 10.0 Å². The molecule has 2 atom stereocenters. The number of piperidine rings is 1. The number of amides is 1. The lowest BCUT2D eigenvalue weighted by molar-refractivity contribution is -0.114. The van der Waals surface area contributed by atoms with Crippen LogP contribution in [0, 0.1) is 11.8 Å². The molecule has 0 aliphatic carbocycles. The lowest BCUT2D eigenvalue weighted by Gasteiger charge is -2.34. The van der Waals surface area contributed by atoms with Crippen LogP contribution in [0.4, 0.5) is 5.69 Å². The van der Waals surface area contributed by atoms with E-state index in [1.807, 2.05) is 0 Å². The summed E-state index contributed by atoms with van der Waals surface area (Å²) in [6, 6.07) is 6.18. The molecule has 140 valence electrons. The molecule has 1 saturated heterocycles. The topological polar surface area (TPSA) is 78.5 Å². The lowest BCUT2D eigenvalue weighted by Crippen LogP contribution is -2.40. The van der Waals surface area contributed by atoms with Gasteiger partial charge in [-0.15, -0.1) is 0 Å². The number of benzene rings is 1. The predicted octanol–water partition coefficient (Wildman–Crippen LogP) is 2.29. The predicted molar refractivity (Wildman–Crippen MR) is 99.9 cm³/mol. The van der Waals surface area contributed by atoms with Gasteiger partial charge in [-0.3, -0.25) is 4.79 Å². The Hall–Kier alpha value is -1.44. The summed E-state index contributed by atoms with van der Waals surface area (Å²) in [6.07, 6.45) is 2.07. The molecule has 6 nitrogen and oxygen atoms in total. The maximum atomic E-state index is 12.3. The van der Waals surface area contributed by atoms with Gasteiger partial charge in [0, 0.05) is 32.2 Å². The van der Waals surface area contributed by atoms with Crippen LogP contribution in [0.2, 0.25) is 0 Å². The van der Waals surface area contributed by atoms with Crippen molar-refractivity contribution in [2.24, 2.45) is 11.8 Å². The van der Waals surface area contributed by atoms with E-state index in [2.05, 4.69) is 28.8 Å². The van der Waals surface area contributed by atoms with Crippen LogP contribution in [0.5, 0.6) is 0 Å². The second kappa shape index (κ2) is 8.78. The van der Waals surface area contributed by atoms with E-state index >= 15 is 0 Å². The van der Waals surface area contributed by atoms with Crippen molar-refractivity contribution in [3.63, 3.8) is 0 Å².